The first-order valence-electron chi connectivity index (χ1n) is 7.29. The number of aliphatic imine (C=N–C) groups is 2. The van der Waals surface area contributed by atoms with Gasteiger partial charge in [-0.3, -0.25) is 9.59 Å². The summed E-state index contributed by atoms with van der Waals surface area (Å²) in [6.07, 6.45) is 4.76. The standard InChI is InChI=1S/C16H18N6O3.2ClH/c17-15(18)21-12(23)5-4-9-2-1-3-10-8-11(6-7-25-13(9)10)14(24)22-16(19)20;;/h1-5,8H,6-7H2,(H4,17,18,21,23)(H4,19,20,22,24);2*1H/b5-4+;;. The van der Waals surface area contributed by atoms with Gasteiger partial charge in [0.1, 0.15) is 5.75 Å². The van der Waals surface area contributed by atoms with Gasteiger partial charge in [0, 0.05) is 29.2 Å². The first kappa shape index (κ1) is 24.0. The Morgan fingerprint density at radius 1 is 1.04 bits per heavy atom. The molecule has 0 spiro atoms. The van der Waals surface area contributed by atoms with Crippen molar-refractivity contribution in [2.45, 2.75) is 6.42 Å². The summed E-state index contributed by atoms with van der Waals surface area (Å²) in [7, 11) is 0. The SMILES string of the molecule is Cl.Cl.NC(N)=NC(=O)/C=C/c1cccc2c1OCCC(C(=O)N=C(N)N)=C2. The van der Waals surface area contributed by atoms with Crippen LogP contribution in [0.2, 0.25) is 0 Å². The molecule has 0 aliphatic carbocycles. The Labute approximate surface area is 168 Å². The molecule has 0 aromatic heterocycles. The number of hydrogen-bond donors (Lipinski definition) is 4. The number of ether oxygens (including phenoxy) is 1. The zero-order chi connectivity index (χ0) is 18.4. The van der Waals surface area contributed by atoms with Gasteiger partial charge >= 0.3 is 0 Å². The van der Waals surface area contributed by atoms with Crippen LogP contribution in [0, 0.1) is 0 Å². The lowest BCUT2D eigenvalue weighted by Gasteiger charge is -2.09. The molecule has 1 aromatic rings. The third-order valence-corrected chi connectivity index (χ3v) is 3.17. The highest BCUT2D eigenvalue weighted by atomic mass is 35.5. The molecule has 0 atom stereocenters. The Balaban J connectivity index is 0.00000338. The van der Waals surface area contributed by atoms with Gasteiger partial charge in [0.15, 0.2) is 11.9 Å². The molecule has 27 heavy (non-hydrogen) atoms. The van der Waals surface area contributed by atoms with Crippen LogP contribution in [0.4, 0.5) is 0 Å². The van der Waals surface area contributed by atoms with Crippen molar-refractivity contribution in [1.82, 2.24) is 0 Å². The van der Waals surface area contributed by atoms with Crippen molar-refractivity contribution in [3.8, 4) is 5.75 Å². The second kappa shape index (κ2) is 10.8. The minimum Gasteiger partial charge on any atom is -0.492 e. The Morgan fingerprint density at radius 2 is 1.70 bits per heavy atom. The van der Waals surface area contributed by atoms with E-state index in [4.69, 9.17) is 27.7 Å². The Morgan fingerprint density at radius 3 is 2.33 bits per heavy atom. The summed E-state index contributed by atoms with van der Waals surface area (Å²) in [5.74, 6) is -1.19. The number of fused-ring (bicyclic) bond motifs is 1. The number of halogens is 2. The summed E-state index contributed by atoms with van der Waals surface area (Å²) in [5, 5.41) is 0. The zero-order valence-corrected chi connectivity index (χ0v) is 15.8. The highest BCUT2D eigenvalue weighted by molar-refractivity contribution is 6.04. The van der Waals surface area contributed by atoms with Crippen molar-refractivity contribution in [3.05, 3.63) is 41.0 Å². The first-order chi connectivity index (χ1) is 11.9. The van der Waals surface area contributed by atoms with E-state index in [2.05, 4.69) is 9.98 Å². The number of amides is 2. The summed E-state index contributed by atoms with van der Waals surface area (Å²) in [6, 6.07) is 5.30. The van der Waals surface area contributed by atoms with E-state index in [0.29, 0.717) is 28.9 Å². The normalized spacial score (nSPS) is 12.1. The van der Waals surface area contributed by atoms with Crippen molar-refractivity contribution in [3.63, 3.8) is 0 Å². The maximum Gasteiger partial charge on any atom is 0.276 e. The van der Waals surface area contributed by atoms with Crippen molar-refractivity contribution in [2.75, 3.05) is 6.61 Å². The number of para-hydroxylation sites is 1. The largest absolute Gasteiger partial charge is 0.492 e. The summed E-state index contributed by atoms with van der Waals surface area (Å²) < 4.78 is 5.72. The second-order valence-corrected chi connectivity index (χ2v) is 5.08. The van der Waals surface area contributed by atoms with Crippen molar-refractivity contribution < 1.29 is 14.3 Å². The predicted octanol–water partition coefficient (Wildman–Crippen LogP) is 0.309. The first-order valence-corrected chi connectivity index (χ1v) is 7.29. The van der Waals surface area contributed by atoms with Crippen LogP contribution in [0.5, 0.6) is 5.75 Å². The molecule has 0 unspecified atom stereocenters. The highest BCUT2D eigenvalue weighted by Crippen LogP contribution is 2.31. The fourth-order valence-corrected chi connectivity index (χ4v) is 2.19. The summed E-state index contributed by atoms with van der Waals surface area (Å²) in [5.41, 5.74) is 22.5. The number of hydrogen-bond acceptors (Lipinski definition) is 3. The molecular formula is C16H20Cl2N6O3. The molecule has 0 bridgehead atoms. The monoisotopic (exact) mass is 414 g/mol. The molecule has 1 aliphatic heterocycles. The van der Waals surface area contributed by atoms with E-state index in [1.807, 2.05) is 0 Å². The number of carbonyl (C=O) groups is 2. The van der Waals surface area contributed by atoms with E-state index >= 15 is 0 Å². The Bertz CT molecular complexity index is 825. The minimum atomic E-state index is -0.592. The number of benzene rings is 1. The molecule has 8 N–H and O–H groups in total. The van der Waals surface area contributed by atoms with Crippen LogP contribution in [0.3, 0.4) is 0 Å². The van der Waals surface area contributed by atoms with E-state index in [0.717, 1.165) is 0 Å². The van der Waals surface area contributed by atoms with E-state index in [-0.39, 0.29) is 43.3 Å². The van der Waals surface area contributed by atoms with E-state index < -0.39 is 11.8 Å². The third kappa shape index (κ3) is 7.00. The maximum atomic E-state index is 12.0. The van der Waals surface area contributed by atoms with E-state index in [9.17, 15) is 9.59 Å². The predicted molar refractivity (Wildman–Crippen MR) is 110 cm³/mol. The van der Waals surface area contributed by atoms with Crippen molar-refractivity contribution >= 4 is 60.7 Å². The van der Waals surface area contributed by atoms with Gasteiger partial charge < -0.3 is 27.7 Å². The minimum absolute atomic E-state index is 0. The van der Waals surface area contributed by atoms with Gasteiger partial charge in [0.25, 0.3) is 11.8 Å². The van der Waals surface area contributed by atoms with Crippen LogP contribution >= 0.6 is 24.8 Å². The van der Waals surface area contributed by atoms with Crippen molar-refractivity contribution in [1.29, 1.82) is 0 Å². The fraction of sp³-hybridized carbons (Fsp3) is 0.125. The molecule has 1 aromatic carbocycles. The molecule has 1 aliphatic rings. The van der Waals surface area contributed by atoms with Crippen LogP contribution in [-0.4, -0.2) is 30.3 Å². The lowest BCUT2D eigenvalue weighted by molar-refractivity contribution is -0.114. The van der Waals surface area contributed by atoms with E-state index in [1.54, 1.807) is 24.3 Å². The van der Waals surface area contributed by atoms with Gasteiger partial charge in [0.05, 0.1) is 6.61 Å². The zero-order valence-electron chi connectivity index (χ0n) is 14.1. The molecule has 11 heteroatoms. The molecule has 0 saturated heterocycles. The molecule has 0 radical (unpaired) electrons. The van der Waals surface area contributed by atoms with Gasteiger partial charge in [-0.2, -0.15) is 9.98 Å². The lowest BCUT2D eigenvalue weighted by atomic mass is 10.0. The van der Waals surface area contributed by atoms with Crippen LogP contribution < -0.4 is 27.7 Å². The summed E-state index contributed by atoms with van der Waals surface area (Å²) in [6.45, 7) is 0.261. The van der Waals surface area contributed by atoms with Gasteiger partial charge in [-0.25, -0.2) is 0 Å². The number of nitrogens with two attached hydrogens (primary N) is 4. The average molecular weight is 415 g/mol. The molecule has 1 heterocycles. The van der Waals surface area contributed by atoms with Gasteiger partial charge in [-0.15, -0.1) is 24.8 Å². The molecule has 146 valence electrons. The molecule has 9 nitrogen and oxygen atoms in total. The number of carbonyl (C=O) groups excluding carboxylic acids is 2. The van der Waals surface area contributed by atoms with Gasteiger partial charge in [-0.1, -0.05) is 18.2 Å². The van der Waals surface area contributed by atoms with Gasteiger partial charge in [-0.05, 0) is 12.2 Å². The summed E-state index contributed by atoms with van der Waals surface area (Å²) >= 11 is 0. The summed E-state index contributed by atoms with van der Waals surface area (Å²) in [4.78, 5) is 30.5. The smallest absolute Gasteiger partial charge is 0.276 e. The van der Waals surface area contributed by atoms with Crippen LogP contribution in [0.15, 0.2) is 39.8 Å². The number of guanidine groups is 2. The lowest BCUT2D eigenvalue weighted by Crippen LogP contribution is -2.24. The second-order valence-electron chi connectivity index (χ2n) is 5.08. The van der Waals surface area contributed by atoms with Crippen LogP contribution in [-0.2, 0) is 9.59 Å². The maximum absolute atomic E-state index is 12.0. The Kier molecular flexibility index (Phi) is 9.62. The van der Waals surface area contributed by atoms with Crippen LogP contribution in [0.25, 0.3) is 12.2 Å². The highest BCUT2D eigenvalue weighted by Gasteiger charge is 2.16. The molecule has 0 fully saturated rings. The molecule has 2 rings (SSSR count). The number of nitrogens with zero attached hydrogens (tertiary/aromatic N) is 2. The Hall–Kier alpha value is -3.04. The van der Waals surface area contributed by atoms with Crippen molar-refractivity contribution in [2.24, 2.45) is 32.9 Å². The molecular weight excluding hydrogens is 395 g/mol. The fourth-order valence-electron chi connectivity index (χ4n) is 2.19. The van der Waals surface area contributed by atoms with Gasteiger partial charge in [0.2, 0.25) is 0 Å². The molecule has 0 saturated carbocycles. The van der Waals surface area contributed by atoms with E-state index in [1.165, 1.54) is 12.2 Å². The average Bonchev–Trinajstić information content (AvgIpc) is 2.74. The topological polar surface area (TPSA) is 172 Å². The van der Waals surface area contributed by atoms with Crippen LogP contribution in [0.1, 0.15) is 17.5 Å². The number of rotatable bonds is 3. The molecule has 2 amide bonds. The third-order valence-electron chi connectivity index (χ3n) is 3.17. The quantitative estimate of drug-likeness (QED) is 0.312.